The lowest BCUT2D eigenvalue weighted by atomic mass is 9.80. The number of nitrogens with zero attached hydrogens (tertiary/aromatic N) is 1. The first-order valence-corrected chi connectivity index (χ1v) is 8.88. The van der Waals surface area contributed by atoms with Crippen LogP contribution in [0, 0.1) is 11.8 Å². The Labute approximate surface area is 135 Å². The molecule has 22 heavy (non-hydrogen) atoms. The van der Waals surface area contributed by atoms with Crippen molar-refractivity contribution < 1.29 is 4.79 Å². The number of aliphatic imine (C=N–C) groups is 1. The van der Waals surface area contributed by atoms with Crippen LogP contribution in [0.5, 0.6) is 0 Å². The Kier molecular flexibility index (Phi) is 8.94. The molecule has 1 amide bonds. The fourth-order valence-corrected chi connectivity index (χ4v) is 2.91. The number of hydrogen-bond donors (Lipinski definition) is 3. The molecule has 1 aliphatic carbocycles. The summed E-state index contributed by atoms with van der Waals surface area (Å²) in [5.74, 6) is 2.40. The minimum absolute atomic E-state index is 0.0115. The van der Waals surface area contributed by atoms with Gasteiger partial charge in [-0.1, -0.05) is 20.8 Å². The minimum atomic E-state index is -0.0115. The highest BCUT2D eigenvalue weighted by atomic mass is 16.1. The van der Waals surface area contributed by atoms with Crippen LogP contribution >= 0.6 is 0 Å². The molecular weight excluding hydrogens is 276 g/mol. The van der Waals surface area contributed by atoms with Crippen molar-refractivity contribution in [3.05, 3.63) is 0 Å². The average molecular weight is 310 g/mol. The molecule has 3 N–H and O–H groups in total. The Morgan fingerprint density at radius 3 is 2.36 bits per heavy atom. The third kappa shape index (κ3) is 7.14. The van der Waals surface area contributed by atoms with Gasteiger partial charge in [-0.2, -0.15) is 0 Å². The molecule has 0 aliphatic heterocycles. The summed E-state index contributed by atoms with van der Waals surface area (Å²) in [4.78, 5) is 16.0. The van der Waals surface area contributed by atoms with Crippen molar-refractivity contribution in [1.82, 2.24) is 16.0 Å². The Balaban J connectivity index is 2.42. The highest BCUT2D eigenvalue weighted by molar-refractivity contribution is 5.85. The van der Waals surface area contributed by atoms with Crippen LogP contribution in [0.2, 0.25) is 0 Å². The second kappa shape index (κ2) is 10.5. The van der Waals surface area contributed by atoms with E-state index in [1.165, 1.54) is 25.7 Å². The molecule has 0 saturated heterocycles. The fourth-order valence-electron chi connectivity index (χ4n) is 2.91. The molecule has 1 rings (SSSR count). The molecule has 128 valence electrons. The topological polar surface area (TPSA) is 65.5 Å². The Morgan fingerprint density at radius 2 is 1.82 bits per heavy atom. The lowest BCUT2D eigenvalue weighted by molar-refractivity contribution is -0.119. The molecule has 1 aliphatic rings. The summed E-state index contributed by atoms with van der Waals surface area (Å²) in [5, 5.41) is 9.57. The molecule has 0 atom stereocenters. The second-order valence-electron chi connectivity index (χ2n) is 6.55. The van der Waals surface area contributed by atoms with E-state index in [1.54, 1.807) is 0 Å². The van der Waals surface area contributed by atoms with Gasteiger partial charge >= 0.3 is 0 Å². The van der Waals surface area contributed by atoms with E-state index in [0.29, 0.717) is 6.04 Å². The van der Waals surface area contributed by atoms with Crippen molar-refractivity contribution in [2.45, 2.75) is 65.8 Å². The van der Waals surface area contributed by atoms with E-state index in [-0.39, 0.29) is 12.5 Å². The molecule has 0 radical (unpaired) electrons. The highest BCUT2D eigenvalue weighted by Gasteiger charge is 2.23. The lowest BCUT2D eigenvalue weighted by Crippen LogP contribution is -2.45. The first-order chi connectivity index (χ1) is 10.6. The van der Waals surface area contributed by atoms with Gasteiger partial charge in [0.1, 0.15) is 6.54 Å². The summed E-state index contributed by atoms with van der Waals surface area (Å²) in [6.45, 7) is 10.4. The van der Waals surface area contributed by atoms with Crippen LogP contribution in [0.3, 0.4) is 0 Å². The maximum absolute atomic E-state index is 11.6. The van der Waals surface area contributed by atoms with Crippen LogP contribution in [0.25, 0.3) is 0 Å². The van der Waals surface area contributed by atoms with Crippen LogP contribution in [0.1, 0.15) is 59.8 Å². The zero-order valence-corrected chi connectivity index (χ0v) is 14.7. The Morgan fingerprint density at radius 1 is 1.14 bits per heavy atom. The first-order valence-electron chi connectivity index (χ1n) is 8.88. The molecule has 1 saturated carbocycles. The van der Waals surface area contributed by atoms with Gasteiger partial charge in [-0.05, 0) is 50.9 Å². The maximum Gasteiger partial charge on any atom is 0.241 e. The summed E-state index contributed by atoms with van der Waals surface area (Å²) < 4.78 is 0. The van der Waals surface area contributed by atoms with Crippen LogP contribution in [-0.4, -0.2) is 37.5 Å². The molecule has 0 unspecified atom stereocenters. The van der Waals surface area contributed by atoms with E-state index >= 15 is 0 Å². The summed E-state index contributed by atoms with van der Waals surface area (Å²) in [5.41, 5.74) is 0. The number of carbonyl (C=O) groups excluding carboxylic acids is 1. The summed E-state index contributed by atoms with van der Waals surface area (Å²) in [6.07, 6.45) is 5.90. The van der Waals surface area contributed by atoms with Crippen molar-refractivity contribution in [3.63, 3.8) is 0 Å². The van der Waals surface area contributed by atoms with Crippen LogP contribution in [-0.2, 0) is 4.79 Å². The molecule has 0 aromatic heterocycles. The van der Waals surface area contributed by atoms with E-state index in [9.17, 15) is 4.79 Å². The Hall–Kier alpha value is -1.26. The molecule has 0 aromatic carbocycles. The number of hydrogen-bond acceptors (Lipinski definition) is 2. The van der Waals surface area contributed by atoms with Gasteiger partial charge in [-0.25, -0.2) is 4.99 Å². The van der Waals surface area contributed by atoms with Gasteiger partial charge in [0.05, 0.1) is 0 Å². The van der Waals surface area contributed by atoms with Crippen LogP contribution < -0.4 is 16.0 Å². The van der Waals surface area contributed by atoms with E-state index in [0.717, 1.165) is 37.3 Å². The van der Waals surface area contributed by atoms with Crippen molar-refractivity contribution in [2.75, 3.05) is 19.6 Å². The zero-order valence-electron chi connectivity index (χ0n) is 14.7. The molecule has 0 aromatic rings. The number of nitrogens with one attached hydrogen (secondary N) is 3. The van der Waals surface area contributed by atoms with Crippen molar-refractivity contribution in [3.8, 4) is 0 Å². The monoisotopic (exact) mass is 310 g/mol. The van der Waals surface area contributed by atoms with E-state index in [1.807, 2.05) is 13.8 Å². The third-order valence-corrected chi connectivity index (χ3v) is 4.35. The summed E-state index contributed by atoms with van der Waals surface area (Å²) >= 11 is 0. The van der Waals surface area contributed by atoms with Crippen LogP contribution in [0.4, 0.5) is 0 Å². The molecular formula is C17H34N4O. The predicted octanol–water partition coefficient (Wildman–Crippen LogP) is 2.28. The Bertz CT molecular complexity index is 347. The normalized spacial score (nSPS) is 22.5. The van der Waals surface area contributed by atoms with Gasteiger partial charge in [0.2, 0.25) is 5.91 Å². The quantitative estimate of drug-likeness (QED) is 0.499. The second-order valence-corrected chi connectivity index (χ2v) is 6.55. The number of guanidine groups is 1. The van der Waals surface area contributed by atoms with Crippen molar-refractivity contribution in [2.24, 2.45) is 16.8 Å². The smallest absolute Gasteiger partial charge is 0.241 e. The van der Waals surface area contributed by atoms with E-state index in [4.69, 9.17) is 0 Å². The highest BCUT2D eigenvalue weighted by Crippen LogP contribution is 2.29. The standard InChI is InChI=1S/C17H34N4O/c1-5-11-19-16(22)12-20-17(18-6-2)21-15-9-7-14(8-10-15)13(3)4/h13-15H,5-12H2,1-4H3,(H,19,22)(H2,18,20,21). The van der Waals surface area contributed by atoms with E-state index in [2.05, 4.69) is 34.8 Å². The van der Waals surface area contributed by atoms with Crippen LogP contribution in [0.15, 0.2) is 4.99 Å². The van der Waals surface area contributed by atoms with Crippen molar-refractivity contribution in [1.29, 1.82) is 0 Å². The van der Waals surface area contributed by atoms with Gasteiger partial charge in [0.15, 0.2) is 5.96 Å². The third-order valence-electron chi connectivity index (χ3n) is 4.35. The zero-order chi connectivity index (χ0) is 16.4. The first kappa shape index (κ1) is 18.8. The maximum atomic E-state index is 11.6. The number of rotatable bonds is 7. The summed E-state index contributed by atoms with van der Waals surface area (Å²) in [7, 11) is 0. The molecule has 0 bridgehead atoms. The van der Waals surface area contributed by atoms with Gasteiger partial charge in [-0.3, -0.25) is 4.79 Å². The molecule has 5 nitrogen and oxygen atoms in total. The SMILES string of the molecule is CCCNC(=O)CN=C(NCC)NC1CCC(C(C)C)CC1. The van der Waals surface area contributed by atoms with E-state index < -0.39 is 0 Å². The van der Waals surface area contributed by atoms with Gasteiger partial charge in [-0.15, -0.1) is 0 Å². The molecule has 1 fully saturated rings. The molecule has 5 heteroatoms. The largest absolute Gasteiger partial charge is 0.357 e. The molecule has 0 spiro atoms. The summed E-state index contributed by atoms with van der Waals surface area (Å²) in [6, 6.07) is 0.478. The van der Waals surface area contributed by atoms with Gasteiger partial charge < -0.3 is 16.0 Å². The minimum Gasteiger partial charge on any atom is -0.357 e. The number of amides is 1. The van der Waals surface area contributed by atoms with Crippen molar-refractivity contribution >= 4 is 11.9 Å². The average Bonchev–Trinajstić information content (AvgIpc) is 2.51. The number of carbonyl (C=O) groups is 1. The van der Waals surface area contributed by atoms with Gasteiger partial charge in [0.25, 0.3) is 0 Å². The predicted molar refractivity (Wildman–Crippen MR) is 93.0 cm³/mol. The lowest BCUT2D eigenvalue weighted by Gasteiger charge is -2.32. The fraction of sp³-hybridized carbons (Fsp3) is 0.882. The molecule has 0 heterocycles. The van der Waals surface area contributed by atoms with Gasteiger partial charge in [0, 0.05) is 19.1 Å².